The van der Waals surface area contributed by atoms with Crippen molar-refractivity contribution in [3.63, 3.8) is 0 Å². The molecule has 0 saturated carbocycles. The van der Waals surface area contributed by atoms with Gasteiger partial charge in [-0.1, -0.05) is 60.7 Å². The van der Waals surface area contributed by atoms with Gasteiger partial charge in [-0.15, -0.1) is 0 Å². The summed E-state index contributed by atoms with van der Waals surface area (Å²) >= 11 is 0. The Morgan fingerprint density at radius 1 is 0.867 bits per heavy atom. The van der Waals surface area contributed by atoms with Gasteiger partial charge in [0.05, 0.1) is 6.04 Å². The molecule has 6 nitrogen and oxygen atoms in total. The molecule has 1 N–H and O–H groups in total. The van der Waals surface area contributed by atoms with Gasteiger partial charge in [0.2, 0.25) is 0 Å². The third-order valence-corrected chi connectivity index (χ3v) is 4.55. The molecule has 0 bridgehead atoms. The lowest BCUT2D eigenvalue weighted by Crippen LogP contribution is -2.43. The topological polar surface area (TPSA) is 81.7 Å². The number of ketones is 1. The minimum Gasteiger partial charge on any atom is -0.482 e. The number of carbonyl (C=O) groups is 3. The van der Waals surface area contributed by atoms with Crippen LogP contribution in [0.15, 0.2) is 72.8 Å². The van der Waals surface area contributed by atoms with Crippen molar-refractivity contribution >= 4 is 28.4 Å². The summed E-state index contributed by atoms with van der Waals surface area (Å²) in [6.45, 7) is 0.627. The molecule has 0 heterocycles. The van der Waals surface area contributed by atoms with Crippen LogP contribution in [0.1, 0.15) is 12.5 Å². The number of hydrogen-bond acceptors (Lipinski definition) is 5. The molecule has 30 heavy (non-hydrogen) atoms. The third kappa shape index (κ3) is 6.17. The Kier molecular flexibility index (Phi) is 7.16. The molecule has 0 aromatic heterocycles. The summed E-state index contributed by atoms with van der Waals surface area (Å²) in [6.07, 6.45) is 0.376. The van der Waals surface area contributed by atoms with Crippen LogP contribution in [0.2, 0.25) is 0 Å². The molecular formula is C24H23NO5. The molecule has 1 amide bonds. The maximum Gasteiger partial charge on any atom is 0.344 e. The minimum absolute atomic E-state index is 0.168. The van der Waals surface area contributed by atoms with Crippen molar-refractivity contribution in [1.29, 1.82) is 0 Å². The zero-order valence-corrected chi connectivity index (χ0v) is 16.7. The zero-order valence-electron chi connectivity index (χ0n) is 16.7. The summed E-state index contributed by atoms with van der Waals surface area (Å²) < 4.78 is 10.4. The van der Waals surface area contributed by atoms with E-state index in [4.69, 9.17) is 9.47 Å². The standard InChI is InChI=1S/C24H23NO5/c1-17(26)22(13-18-7-3-2-4-8-18)25-23(27)15-30-24(28)16-29-21-12-11-19-9-5-6-10-20(19)14-21/h2-12,14,22H,13,15-16H2,1H3,(H,25,27). The van der Waals surface area contributed by atoms with Gasteiger partial charge in [0, 0.05) is 0 Å². The number of amides is 1. The molecule has 0 aliphatic heterocycles. The number of ether oxygens (including phenoxy) is 2. The number of nitrogens with one attached hydrogen (secondary N) is 1. The first-order valence-electron chi connectivity index (χ1n) is 9.62. The van der Waals surface area contributed by atoms with Crippen LogP contribution in [-0.2, 0) is 25.5 Å². The highest BCUT2D eigenvalue weighted by molar-refractivity contribution is 5.89. The van der Waals surface area contributed by atoms with E-state index >= 15 is 0 Å². The monoisotopic (exact) mass is 405 g/mol. The second-order valence-corrected chi connectivity index (χ2v) is 6.88. The largest absolute Gasteiger partial charge is 0.482 e. The molecule has 0 spiro atoms. The average Bonchev–Trinajstić information content (AvgIpc) is 2.76. The Hall–Kier alpha value is -3.67. The second-order valence-electron chi connectivity index (χ2n) is 6.88. The van der Waals surface area contributed by atoms with Crippen molar-refractivity contribution < 1.29 is 23.9 Å². The fourth-order valence-electron chi connectivity index (χ4n) is 2.97. The van der Waals surface area contributed by atoms with E-state index in [9.17, 15) is 14.4 Å². The van der Waals surface area contributed by atoms with E-state index in [1.807, 2.05) is 66.7 Å². The van der Waals surface area contributed by atoms with Gasteiger partial charge >= 0.3 is 5.97 Å². The molecule has 3 aromatic carbocycles. The van der Waals surface area contributed by atoms with Crippen LogP contribution in [0.5, 0.6) is 5.75 Å². The Morgan fingerprint density at radius 2 is 1.57 bits per heavy atom. The number of esters is 1. The molecule has 0 aliphatic carbocycles. The fourth-order valence-corrected chi connectivity index (χ4v) is 2.97. The lowest BCUT2D eigenvalue weighted by molar-refractivity contribution is -0.150. The summed E-state index contributed by atoms with van der Waals surface area (Å²) in [5.41, 5.74) is 0.929. The Balaban J connectivity index is 1.44. The number of hydrogen-bond donors (Lipinski definition) is 1. The van der Waals surface area contributed by atoms with Crippen molar-refractivity contribution in [2.45, 2.75) is 19.4 Å². The average molecular weight is 405 g/mol. The van der Waals surface area contributed by atoms with Gasteiger partial charge in [0.15, 0.2) is 19.0 Å². The highest BCUT2D eigenvalue weighted by Crippen LogP contribution is 2.20. The first-order chi connectivity index (χ1) is 14.5. The smallest absolute Gasteiger partial charge is 0.344 e. The third-order valence-electron chi connectivity index (χ3n) is 4.55. The van der Waals surface area contributed by atoms with E-state index < -0.39 is 24.5 Å². The molecule has 0 fully saturated rings. The quantitative estimate of drug-likeness (QED) is 0.554. The molecule has 1 atom stereocenters. The molecule has 0 aliphatic rings. The number of fused-ring (bicyclic) bond motifs is 1. The van der Waals surface area contributed by atoms with Crippen LogP contribution in [0.3, 0.4) is 0 Å². The van der Waals surface area contributed by atoms with E-state index in [1.54, 1.807) is 6.07 Å². The van der Waals surface area contributed by atoms with Crippen molar-refractivity contribution in [2.75, 3.05) is 13.2 Å². The summed E-state index contributed by atoms with van der Waals surface area (Å²) in [7, 11) is 0. The number of carbonyl (C=O) groups excluding carboxylic acids is 3. The van der Waals surface area contributed by atoms with Gasteiger partial charge in [-0.05, 0) is 41.8 Å². The molecular weight excluding hydrogens is 382 g/mol. The van der Waals surface area contributed by atoms with Gasteiger partial charge in [-0.3, -0.25) is 9.59 Å². The summed E-state index contributed by atoms with van der Waals surface area (Å²) in [4.78, 5) is 35.8. The Labute approximate surface area is 174 Å². The van der Waals surface area contributed by atoms with Crippen molar-refractivity contribution in [2.24, 2.45) is 0 Å². The van der Waals surface area contributed by atoms with Crippen LogP contribution in [0.4, 0.5) is 0 Å². The summed E-state index contributed by atoms with van der Waals surface area (Å²) in [6, 6.07) is 22.0. The molecule has 0 saturated heterocycles. The van der Waals surface area contributed by atoms with Crippen LogP contribution in [0.25, 0.3) is 10.8 Å². The van der Waals surface area contributed by atoms with E-state index in [-0.39, 0.29) is 12.4 Å². The number of Topliss-reactive ketones (excluding diaryl/α,β-unsaturated/α-hetero) is 1. The highest BCUT2D eigenvalue weighted by Gasteiger charge is 2.18. The SMILES string of the molecule is CC(=O)C(Cc1ccccc1)NC(=O)COC(=O)COc1ccc2ccccc2c1. The predicted molar refractivity (Wildman–Crippen MR) is 113 cm³/mol. The number of rotatable bonds is 9. The van der Waals surface area contributed by atoms with E-state index in [2.05, 4.69) is 5.32 Å². The van der Waals surface area contributed by atoms with Crippen molar-refractivity contribution in [3.8, 4) is 5.75 Å². The molecule has 3 aromatic rings. The predicted octanol–water partition coefficient (Wildman–Crippen LogP) is 3.08. The van der Waals surface area contributed by atoms with Crippen molar-refractivity contribution in [1.82, 2.24) is 5.32 Å². The van der Waals surface area contributed by atoms with Gasteiger partial charge < -0.3 is 14.8 Å². The van der Waals surface area contributed by atoms with Gasteiger partial charge in [-0.25, -0.2) is 4.79 Å². The molecule has 3 rings (SSSR count). The van der Waals surface area contributed by atoms with Gasteiger partial charge in [0.25, 0.3) is 5.91 Å². The van der Waals surface area contributed by atoms with Gasteiger partial charge in [0.1, 0.15) is 5.75 Å². The van der Waals surface area contributed by atoms with Crippen molar-refractivity contribution in [3.05, 3.63) is 78.4 Å². The molecule has 1 unspecified atom stereocenters. The maximum atomic E-state index is 12.1. The van der Waals surface area contributed by atoms with E-state index in [0.717, 1.165) is 16.3 Å². The summed E-state index contributed by atoms with van der Waals surface area (Å²) in [5, 5.41) is 4.67. The summed E-state index contributed by atoms with van der Waals surface area (Å²) in [5.74, 6) is -0.835. The minimum atomic E-state index is -0.674. The van der Waals surface area contributed by atoms with Crippen LogP contribution in [-0.4, -0.2) is 36.9 Å². The lowest BCUT2D eigenvalue weighted by atomic mass is 10.0. The molecule has 0 radical (unpaired) electrons. The highest BCUT2D eigenvalue weighted by atomic mass is 16.6. The Bertz CT molecular complexity index is 1030. The normalized spacial score (nSPS) is 11.5. The molecule has 154 valence electrons. The van der Waals surface area contributed by atoms with Crippen LogP contribution in [0, 0.1) is 0 Å². The lowest BCUT2D eigenvalue weighted by Gasteiger charge is -2.16. The van der Waals surface area contributed by atoms with Gasteiger partial charge in [-0.2, -0.15) is 0 Å². The van der Waals surface area contributed by atoms with Crippen LogP contribution >= 0.6 is 0 Å². The first kappa shape index (κ1) is 21.0. The number of benzene rings is 3. The zero-order chi connectivity index (χ0) is 21.3. The Morgan fingerprint density at radius 3 is 2.30 bits per heavy atom. The van der Waals surface area contributed by atoms with E-state index in [1.165, 1.54) is 6.92 Å². The van der Waals surface area contributed by atoms with Crippen LogP contribution < -0.4 is 10.1 Å². The second kappa shape index (κ2) is 10.2. The molecule has 6 heteroatoms. The maximum absolute atomic E-state index is 12.1. The first-order valence-corrected chi connectivity index (χ1v) is 9.62. The fraction of sp³-hybridized carbons (Fsp3) is 0.208. The van der Waals surface area contributed by atoms with E-state index in [0.29, 0.717) is 12.2 Å².